The van der Waals surface area contributed by atoms with Crippen molar-refractivity contribution in [2.45, 2.75) is 24.5 Å². The summed E-state index contributed by atoms with van der Waals surface area (Å²) in [7, 11) is 2.90. The summed E-state index contributed by atoms with van der Waals surface area (Å²) in [6, 6.07) is 14.1. The van der Waals surface area contributed by atoms with E-state index in [4.69, 9.17) is 9.47 Å². The van der Waals surface area contributed by atoms with E-state index in [0.717, 1.165) is 16.2 Å². The van der Waals surface area contributed by atoms with Crippen LogP contribution in [0.4, 0.5) is 0 Å². The van der Waals surface area contributed by atoms with Crippen molar-refractivity contribution in [2.24, 2.45) is 0 Å². The van der Waals surface area contributed by atoms with Crippen LogP contribution in [0.15, 0.2) is 53.6 Å². The molecule has 2 rings (SSSR count). The van der Waals surface area contributed by atoms with Gasteiger partial charge in [0.25, 0.3) is 0 Å². The van der Waals surface area contributed by atoms with Crippen molar-refractivity contribution in [1.82, 2.24) is 0 Å². The van der Waals surface area contributed by atoms with Gasteiger partial charge in [0.15, 0.2) is 0 Å². The first kappa shape index (κ1) is 18.1. The van der Waals surface area contributed by atoms with Gasteiger partial charge in [0.2, 0.25) is 0 Å². The molecule has 126 valence electrons. The topological polar surface area (TPSA) is 35.5 Å². The fourth-order valence-electron chi connectivity index (χ4n) is 2.49. The highest BCUT2D eigenvalue weighted by Gasteiger charge is 2.17. The van der Waals surface area contributed by atoms with E-state index in [1.807, 2.05) is 24.3 Å². The minimum Gasteiger partial charge on any atom is -0.503 e. The maximum Gasteiger partial charge on any atom is 0.341 e. The van der Waals surface area contributed by atoms with E-state index in [2.05, 4.69) is 32.0 Å². The van der Waals surface area contributed by atoms with E-state index >= 15 is 0 Å². The molecular weight excluding hydrogens is 320 g/mol. The van der Waals surface area contributed by atoms with Crippen LogP contribution in [0, 0.1) is 13.8 Å². The third-order valence-corrected chi connectivity index (χ3v) is 4.93. The van der Waals surface area contributed by atoms with Crippen LogP contribution in [0.1, 0.15) is 22.3 Å². The smallest absolute Gasteiger partial charge is 0.341 e. The van der Waals surface area contributed by atoms with Crippen molar-refractivity contribution < 1.29 is 14.3 Å². The Hall–Kier alpha value is -2.20. The molecule has 0 amide bonds. The van der Waals surface area contributed by atoms with Crippen LogP contribution in [-0.4, -0.2) is 20.2 Å². The largest absolute Gasteiger partial charge is 0.503 e. The van der Waals surface area contributed by atoms with Gasteiger partial charge in [-0.15, -0.1) is 11.8 Å². The molecule has 4 heteroatoms. The van der Waals surface area contributed by atoms with Gasteiger partial charge in [-0.1, -0.05) is 36.4 Å². The van der Waals surface area contributed by atoms with E-state index in [1.165, 1.54) is 37.2 Å². The summed E-state index contributed by atoms with van der Waals surface area (Å²) in [5, 5.41) is 0. The molecule has 24 heavy (non-hydrogen) atoms. The summed E-state index contributed by atoms with van der Waals surface area (Å²) in [6.07, 6.45) is 1.43. The molecule has 0 fully saturated rings. The summed E-state index contributed by atoms with van der Waals surface area (Å²) in [4.78, 5) is 13.1. The average Bonchev–Trinajstić information content (AvgIpc) is 2.59. The number of methoxy groups -OCH3 is 2. The number of hydrogen-bond donors (Lipinski definition) is 0. The van der Waals surface area contributed by atoms with Gasteiger partial charge in [-0.25, -0.2) is 4.79 Å². The van der Waals surface area contributed by atoms with E-state index in [1.54, 1.807) is 11.8 Å². The lowest BCUT2D eigenvalue weighted by Gasteiger charge is -2.13. The number of esters is 1. The minimum atomic E-state index is -0.406. The van der Waals surface area contributed by atoms with Gasteiger partial charge in [0.1, 0.15) is 5.57 Å². The molecule has 0 aliphatic carbocycles. The van der Waals surface area contributed by atoms with Crippen LogP contribution in [0.25, 0.3) is 5.57 Å². The second kappa shape index (κ2) is 8.60. The zero-order valence-electron chi connectivity index (χ0n) is 14.5. The zero-order chi connectivity index (χ0) is 17.5. The van der Waals surface area contributed by atoms with Crippen molar-refractivity contribution in [3.05, 3.63) is 71.0 Å². The second-order valence-corrected chi connectivity index (χ2v) is 6.43. The zero-order valence-corrected chi connectivity index (χ0v) is 15.3. The quantitative estimate of drug-likeness (QED) is 0.328. The van der Waals surface area contributed by atoms with E-state index in [-0.39, 0.29) is 0 Å². The van der Waals surface area contributed by atoms with Crippen molar-refractivity contribution in [2.75, 3.05) is 14.2 Å². The molecule has 2 aromatic rings. The van der Waals surface area contributed by atoms with Gasteiger partial charge in [-0.2, -0.15) is 0 Å². The van der Waals surface area contributed by atoms with Gasteiger partial charge < -0.3 is 9.47 Å². The summed E-state index contributed by atoms with van der Waals surface area (Å²) in [5.41, 5.74) is 5.13. The third kappa shape index (κ3) is 4.20. The third-order valence-electron chi connectivity index (χ3n) is 3.83. The van der Waals surface area contributed by atoms with E-state index in [0.29, 0.717) is 5.57 Å². The molecule has 0 aliphatic rings. The highest BCUT2D eigenvalue weighted by atomic mass is 32.2. The lowest BCUT2D eigenvalue weighted by atomic mass is 10.1. The molecule has 0 spiro atoms. The standard InChI is InChI=1S/C20H22O3S/c1-14-8-7-9-15(2)18(14)13-24-19-11-6-5-10-16(19)17(12-22-3)20(21)23-4/h5-12H,13H2,1-4H3. The number of carbonyl (C=O) groups is 1. The Bertz CT molecular complexity index is 730. The summed E-state index contributed by atoms with van der Waals surface area (Å²) < 4.78 is 9.94. The Morgan fingerprint density at radius 3 is 2.33 bits per heavy atom. The number of benzene rings is 2. The first-order valence-electron chi connectivity index (χ1n) is 7.67. The maximum absolute atomic E-state index is 12.1. The molecule has 0 radical (unpaired) electrons. The molecule has 0 aromatic heterocycles. The van der Waals surface area contributed by atoms with E-state index in [9.17, 15) is 4.79 Å². The molecule has 0 bridgehead atoms. The lowest BCUT2D eigenvalue weighted by Crippen LogP contribution is -2.05. The molecule has 0 heterocycles. The van der Waals surface area contributed by atoms with Crippen LogP contribution >= 0.6 is 11.8 Å². The Morgan fingerprint density at radius 1 is 1.04 bits per heavy atom. The van der Waals surface area contributed by atoms with Gasteiger partial charge in [-0.05, 0) is 36.6 Å². The minimum absolute atomic E-state index is 0.406. The maximum atomic E-state index is 12.1. The molecule has 0 saturated heterocycles. The monoisotopic (exact) mass is 342 g/mol. The van der Waals surface area contributed by atoms with Crippen molar-refractivity contribution in [3.8, 4) is 0 Å². The molecule has 0 saturated carbocycles. The Kier molecular flexibility index (Phi) is 6.50. The molecule has 0 atom stereocenters. The molecular formula is C20H22O3S. The Morgan fingerprint density at radius 2 is 1.71 bits per heavy atom. The van der Waals surface area contributed by atoms with Gasteiger partial charge in [-0.3, -0.25) is 0 Å². The predicted molar refractivity (Wildman–Crippen MR) is 98.9 cm³/mol. The number of ether oxygens (including phenoxy) is 2. The van der Waals surface area contributed by atoms with Crippen molar-refractivity contribution in [3.63, 3.8) is 0 Å². The van der Waals surface area contributed by atoms with Crippen LogP contribution in [0.2, 0.25) is 0 Å². The lowest BCUT2D eigenvalue weighted by molar-refractivity contribution is -0.133. The van der Waals surface area contributed by atoms with Crippen molar-refractivity contribution >= 4 is 23.3 Å². The number of rotatable bonds is 6. The number of carbonyl (C=O) groups excluding carboxylic acids is 1. The van der Waals surface area contributed by atoms with Crippen LogP contribution in [0.3, 0.4) is 0 Å². The normalized spacial score (nSPS) is 11.2. The molecule has 3 nitrogen and oxygen atoms in total. The second-order valence-electron chi connectivity index (χ2n) is 5.41. The number of aryl methyl sites for hydroxylation is 2. The van der Waals surface area contributed by atoms with Gasteiger partial charge in [0, 0.05) is 16.2 Å². The highest BCUT2D eigenvalue weighted by molar-refractivity contribution is 7.98. The van der Waals surface area contributed by atoms with Gasteiger partial charge >= 0.3 is 5.97 Å². The van der Waals surface area contributed by atoms with Crippen LogP contribution < -0.4 is 0 Å². The summed E-state index contributed by atoms with van der Waals surface area (Å²) >= 11 is 1.71. The average molecular weight is 342 g/mol. The number of thioether (sulfide) groups is 1. The predicted octanol–water partition coefficient (Wildman–Crippen LogP) is 4.76. The molecule has 0 aliphatic heterocycles. The van der Waals surface area contributed by atoms with Gasteiger partial charge in [0.05, 0.1) is 20.5 Å². The number of hydrogen-bond acceptors (Lipinski definition) is 4. The fraction of sp³-hybridized carbons (Fsp3) is 0.250. The summed E-state index contributed by atoms with van der Waals surface area (Å²) in [5.74, 6) is 0.439. The Labute approximate surface area is 147 Å². The summed E-state index contributed by atoms with van der Waals surface area (Å²) in [6.45, 7) is 4.25. The molecule has 0 N–H and O–H groups in total. The van der Waals surface area contributed by atoms with E-state index < -0.39 is 5.97 Å². The molecule has 0 unspecified atom stereocenters. The fourth-order valence-corrected chi connectivity index (χ4v) is 3.75. The Balaban J connectivity index is 2.32. The first-order valence-corrected chi connectivity index (χ1v) is 8.65. The van der Waals surface area contributed by atoms with Crippen LogP contribution in [-0.2, 0) is 20.0 Å². The molecule has 2 aromatic carbocycles. The first-order chi connectivity index (χ1) is 11.6. The highest BCUT2D eigenvalue weighted by Crippen LogP contribution is 2.32. The van der Waals surface area contributed by atoms with Crippen molar-refractivity contribution in [1.29, 1.82) is 0 Å². The SMILES string of the molecule is COC=C(C(=O)OC)c1ccccc1SCc1c(C)cccc1C. The van der Waals surface area contributed by atoms with Crippen LogP contribution in [0.5, 0.6) is 0 Å².